The average molecular weight is 629 g/mol. The van der Waals surface area contributed by atoms with Gasteiger partial charge in [-0.25, -0.2) is 4.98 Å². The first-order chi connectivity index (χ1) is 19.8. The summed E-state index contributed by atoms with van der Waals surface area (Å²) in [6.07, 6.45) is 1.72. The Morgan fingerprint density at radius 1 is 0.976 bits per heavy atom. The van der Waals surface area contributed by atoms with Gasteiger partial charge < -0.3 is 20.5 Å². The Hall–Kier alpha value is -4.14. The molecule has 0 radical (unpaired) electrons. The van der Waals surface area contributed by atoms with E-state index in [0.29, 0.717) is 40.0 Å². The molecule has 7 nitrogen and oxygen atoms in total. The third kappa shape index (κ3) is 5.58. The molecule has 1 saturated carbocycles. The highest BCUT2D eigenvalue weighted by atomic mass is 79.9. The predicted molar refractivity (Wildman–Crippen MR) is 167 cm³/mol. The zero-order valence-corrected chi connectivity index (χ0v) is 24.6. The minimum Gasteiger partial charge on any atom is -0.351 e. The fourth-order valence-electron chi connectivity index (χ4n) is 4.97. The fourth-order valence-corrected chi connectivity index (χ4v) is 5.40. The topological polar surface area (TPSA) is 88.1 Å². The first-order valence-corrected chi connectivity index (χ1v) is 14.4. The summed E-state index contributed by atoms with van der Waals surface area (Å²) in [7, 11) is 1.90. The summed E-state index contributed by atoms with van der Waals surface area (Å²) in [5.74, 6) is 0.408. The molecule has 1 aromatic heterocycles. The Bertz CT molecular complexity index is 1770. The molecule has 0 unspecified atom stereocenters. The third-order valence-corrected chi connectivity index (χ3v) is 8.34. The maximum Gasteiger partial charge on any atom is 0.255 e. The number of benzene rings is 4. The summed E-state index contributed by atoms with van der Waals surface area (Å²) >= 11 is 9.93. The summed E-state index contributed by atoms with van der Waals surface area (Å²) in [5.41, 5.74) is 4.98. The second-order valence-electron chi connectivity index (χ2n) is 10.2. The number of hydrogen-bond donors (Lipinski definition) is 3. The summed E-state index contributed by atoms with van der Waals surface area (Å²) < 4.78 is 2.85. The van der Waals surface area contributed by atoms with Crippen molar-refractivity contribution < 1.29 is 9.59 Å². The lowest BCUT2D eigenvalue weighted by molar-refractivity contribution is -0.123. The zero-order valence-electron chi connectivity index (χ0n) is 22.2. The molecule has 206 valence electrons. The number of nitrogens with one attached hydrogen (secondary N) is 3. The molecule has 0 aliphatic heterocycles. The smallest absolute Gasteiger partial charge is 0.255 e. The van der Waals surface area contributed by atoms with Crippen molar-refractivity contribution in [1.82, 2.24) is 14.9 Å². The van der Waals surface area contributed by atoms with E-state index in [0.717, 1.165) is 34.0 Å². The summed E-state index contributed by atoms with van der Waals surface area (Å²) in [5, 5.41) is 9.87. The summed E-state index contributed by atoms with van der Waals surface area (Å²) in [6, 6.07) is 28.4. The second-order valence-corrected chi connectivity index (χ2v) is 11.6. The maximum atomic E-state index is 13.1. The lowest BCUT2D eigenvalue weighted by Crippen LogP contribution is -2.34. The fraction of sp³-hybridized carbons (Fsp3) is 0.156. The number of halogens is 2. The van der Waals surface area contributed by atoms with E-state index in [9.17, 15) is 9.59 Å². The highest BCUT2D eigenvalue weighted by Crippen LogP contribution is 2.48. The van der Waals surface area contributed by atoms with Crippen molar-refractivity contribution in [2.24, 2.45) is 7.05 Å². The number of aromatic nitrogens is 2. The van der Waals surface area contributed by atoms with Crippen molar-refractivity contribution in [3.63, 3.8) is 0 Å². The maximum absolute atomic E-state index is 13.1. The molecule has 0 atom stereocenters. The molecular weight excluding hydrogens is 602 g/mol. The second kappa shape index (κ2) is 11.0. The normalized spacial score (nSPS) is 13.5. The van der Waals surface area contributed by atoms with Crippen LogP contribution in [0, 0.1) is 0 Å². The van der Waals surface area contributed by atoms with Crippen LogP contribution in [0.3, 0.4) is 0 Å². The Labute approximate surface area is 251 Å². The predicted octanol–water partition coefficient (Wildman–Crippen LogP) is 7.33. The van der Waals surface area contributed by atoms with E-state index < -0.39 is 5.41 Å². The molecule has 9 heteroatoms. The van der Waals surface area contributed by atoms with E-state index in [1.165, 1.54) is 0 Å². The van der Waals surface area contributed by atoms with Crippen LogP contribution in [-0.2, 0) is 23.8 Å². The van der Waals surface area contributed by atoms with Gasteiger partial charge in [0.1, 0.15) is 0 Å². The molecule has 1 heterocycles. The van der Waals surface area contributed by atoms with Gasteiger partial charge in [-0.2, -0.15) is 0 Å². The molecule has 6 rings (SSSR count). The Balaban J connectivity index is 1.16. The molecule has 1 fully saturated rings. The lowest BCUT2D eigenvalue weighted by atomic mass is 9.95. The molecular formula is C32H27BrClN5O2. The molecule has 4 aromatic carbocycles. The average Bonchev–Trinajstić information content (AvgIpc) is 3.75. The molecule has 1 aliphatic carbocycles. The molecule has 2 amide bonds. The molecule has 0 bridgehead atoms. The highest BCUT2D eigenvalue weighted by Gasteiger charge is 2.50. The van der Waals surface area contributed by atoms with E-state index in [2.05, 4.69) is 31.9 Å². The van der Waals surface area contributed by atoms with Gasteiger partial charge in [0.2, 0.25) is 11.9 Å². The van der Waals surface area contributed by atoms with Crippen LogP contribution < -0.4 is 16.0 Å². The number of amides is 2. The van der Waals surface area contributed by atoms with E-state index in [1.54, 1.807) is 12.1 Å². The van der Waals surface area contributed by atoms with Crippen molar-refractivity contribution in [3.05, 3.63) is 117 Å². The minimum atomic E-state index is -0.421. The summed E-state index contributed by atoms with van der Waals surface area (Å²) in [6.45, 7) is 0.388. The minimum absolute atomic E-state index is 0.0449. The number of carbonyl (C=O) groups is 2. The number of imidazole rings is 1. The van der Waals surface area contributed by atoms with Crippen molar-refractivity contribution in [1.29, 1.82) is 0 Å². The van der Waals surface area contributed by atoms with Crippen LogP contribution in [0.2, 0.25) is 5.02 Å². The quantitative estimate of drug-likeness (QED) is 0.168. The van der Waals surface area contributed by atoms with Crippen molar-refractivity contribution in [2.45, 2.75) is 24.8 Å². The van der Waals surface area contributed by atoms with Crippen LogP contribution >= 0.6 is 27.5 Å². The van der Waals surface area contributed by atoms with Gasteiger partial charge in [-0.05, 0) is 78.6 Å². The van der Waals surface area contributed by atoms with Crippen LogP contribution in [0.5, 0.6) is 0 Å². The number of nitrogens with zero attached hydrogens (tertiary/aromatic N) is 2. The lowest BCUT2D eigenvalue weighted by Gasteiger charge is -2.16. The molecule has 3 N–H and O–H groups in total. The van der Waals surface area contributed by atoms with E-state index >= 15 is 0 Å². The Morgan fingerprint density at radius 3 is 2.46 bits per heavy atom. The Kier molecular flexibility index (Phi) is 7.28. The third-order valence-electron chi connectivity index (χ3n) is 7.49. The first kappa shape index (κ1) is 27.1. The molecule has 0 spiro atoms. The standard InChI is InChI=1S/C32H27BrClN5O2/c1-39-28-14-8-21(29(40)36-24-11-9-23(33)10-12-24)18-27(28)38-31(39)37-26-17-20(7-13-25(26)34)19-35-30(41)32(15-16-32)22-5-3-2-4-6-22/h2-14,17-18H,15-16,19H2,1H3,(H,35,41)(H,36,40)(H,37,38). The number of carbonyl (C=O) groups excluding carboxylic acids is 2. The molecule has 0 saturated heterocycles. The van der Waals surface area contributed by atoms with E-state index in [-0.39, 0.29) is 11.8 Å². The number of rotatable bonds is 8. The van der Waals surface area contributed by atoms with Gasteiger partial charge in [-0.15, -0.1) is 0 Å². The molecule has 1 aliphatic rings. The van der Waals surface area contributed by atoms with Crippen LogP contribution in [-0.4, -0.2) is 21.4 Å². The van der Waals surface area contributed by atoms with Crippen LogP contribution in [0.25, 0.3) is 11.0 Å². The van der Waals surface area contributed by atoms with Gasteiger partial charge in [-0.1, -0.05) is 63.9 Å². The molecule has 5 aromatic rings. The Morgan fingerprint density at radius 2 is 1.73 bits per heavy atom. The van der Waals surface area contributed by atoms with E-state index in [4.69, 9.17) is 16.6 Å². The van der Waals surface area contributed by atoms with Crippen LogP contribution in [0.15, 0.2) is 95.5 Å². The zero-order chi connectivity index (χ0) is 28.6. The summed E-state index contributed by atoms with van der Waals surface area (Å²) in [4.78, 5) is 30.7. The number of hydrogen-bond acceptors (Lipinski definition) is 4. The highest BCUT2D eigenvalue weighted by molar-refractivity contribution is 9.10. The van der Waals surface area contributed by atoms with Gasteiger partial charge >= 0.3 is 0 Å². The van der Waals surface area contributed by atoms with E-state index in [1.807, 2.05) is 90.5 Å². The van der Waals surface area contributed by atoms with Gasteiger partial charge in [-0.3, -0.25) is 9.59 Å². The van der Waals surface area contributed by atoms with Crippen molar-refractivity contribution in [3.8, 4) is 0 Å². The first-order valence-electron chi connectivity index (χ1n) is 13.3. The number of anilines is 3. The number of aryl methyl sites for hydroxylation is 1. The van der Waals surface area contributed by atoms with Crippen molar-refractivity contribution >= 4 is 67.7 Å². The monoisotopic (exact) mass is 627 g/mol. The molecule has 41 heavy (non-hydrogen) atoms. The largest absolute Gasteiger partial charge is 0.351 e. The van der Waals surface area contributed by atoms with Crippen molar-refractivity contribution in [2.75, 3.05) is 10.6 Å². The number of fused-ring (bicyclic) bond motifs is 1. The van der Waals surface area contributed by atoms with Crippen LogP contribution in [0.4, 0.5) is 17.3 Å². The van der Waals surface area contributed by atoms with Gasteiger partial charge in [0.05, 0.1) is 27.2 Å². The van der Waals surface area contributed by atoms with Gasteiger partial charge in [0, 0.05) is 29.3 Å². The van der Waals surface area contributed by atoms with Gasteiger partial charge in [0.25, 0.3) is 5.91 Å². The van der Waals surface area contributed by atoms with Gasteiger partial charge in [0.15, 0.2) is 0 Å². The SMILES string of the molecule is Cn1c(Nc2cc(CNC(=O)C3(c4ccccc4)CC3)ccc2Cl)nc2cc(C(=O)Nc3ccc(Br)cc3)ccc21. The van der Waals surface area contributed by atoms with Crippen LogP contribution in [0.1, 0.15) is 34.3 Å².